The van der Waals surface area contributed by atoms with Crippen LogP contribution in [-0.2, 0) is 11.2 Å². The summed E-state index contributed by atoms with van der Waals surface area (Å²) >= 11 is 0. The first-order valence-corrected chi connectivity index (χ1v) is 8.03. The molecule has 2 aromatic rings. The molecule has 2 N–H and O–H groups in total. The minimum Gasteiger partial charge on any atom is -0.385 e. The van der Waals surface area contributed by atoms with Crippen molar-refractivity contribution in [2.24, 2.45) is 0 Å². The van der Waals surface area contributed by atoms with E-state index in [9.17, 15) is 0 Å². The van der Waals surface area contributed by atoms with E-state index in [1.807, 2.05) is 0 Å². The minimum absolute atomic E-state index is 0.285. The largest absolute Gasteiger partial charge is 0.385 e. The topological polar surface area (TPSA) is 80.4 Å². The van der Waals surface area contributed by atoms with E-state index in [-0.39, 0.29) is 5.95 Å². The number of aryl methyl sites for hydroxylation is 1. The van der Waals surface area contributed by atoms with Crippen LogP contribution in [0.25, 0.3) is 11.0 Å². The van der Waals surface area contributed by atoms with Crippen molar-refractivity contribution in [2.45, 2.75) is 12.8 Å². The van der Waals surface area contributed by atoms with Gasteiger partial charge in [-0.3, -0.25) is 0 Å². The van der Waals surface area contributed by atoms with Crippen LogP contribution in [0, 0.1) is 0 Å². The van der Waals surface area contributed by atoms with Crippen molar-refractivity contribution in [3.8, 4) is 0 Å². The van der Waals surface area contributed by atoms with Crippen molar-refractivity contribution >= 4 is 22.8 Å². The standard InChI is InChI=1S/C16H24N6O/c1-21-7-9-22(10-8-21)15-13-6-5-12(4-3-11-23-2)18-14(13)19-16(17)20-15/h5-6H,3-4,7-11H2,1-2H3,(H2,17,18,19,20). The number of hydrogen-bond acceptors (Lipinski definition) is 7. The predicted octanol–water partition coefficient (Wildman–Crippen LogP) is 0.938. The number of methoxy groups -OCH3 is 1. The molecule has 124 valence electrons. The van der Waals surface area contributed by atoms with Gasteiger partial charge in [0.15, 0.2) is 5.65 Å². The van der Waals surface area contributed by atoms with Gasteiger partial charge in [-0.15, -0.1) is 0 Å². The molecule has 0 saturated carbocycles. The first-order valence-electron chi connectivity index (χ1n) is 8.03. The van der Waals surface area contributed by atoms with Gasteiger partial charge in [-0.05, 0) is 32.0 Å². The Morgan fingerprint density at radius 3 is 2.65 bits per heavy atom. The third kappa shape index (κ3) is 3.68. The summed E-state index contributed by atoms with van der Waals surface area (Å²) in [5.41, 5.74) is 7.60. The van der Waals surface area contributed by atoms with Crippen LogP contribution in [0.15, 0.2) is 12.1 Å². The van der Waals surface area contributed by atoms with Gasteiger partial charge in [0.25, 0.3) is 0 Å². The van der Waals surface area contributed by atoms with Crippen LogP contribution in [0.3, 0.4) is 0 Å². The molecule has 1 saturated heterocycles. The third-order valence-corrected chi connectivity index (χ3v) is 4.20. The number of hydrogen-bond donors (Lipinski definition) is 1. The summed E-state index contributed by atoms with van der Waals surface area (Å²) in [7, 11) is 3.85. The maximum Gasteiger partial charge on any atom is 0.224 e. The second kappa shape index (κ2) is 7.06. The SMILES string of the molecule is COCCCc1ccc2c(N3CCN(C)CC3)nc(N)nc2n1. The zero-order valence-electron chi connectivity index (χ0n) is 13.8. The number of aromatic nitrogens is 3. The Morgan fingerprint density at radius 1 is 1.13 bits per heavy atom. The second-order valence-corrected chi connectivity index (χ2v) is 5.97. The number of nitrogen functional groups attached to an aromatic ring is 1. The number of nitrogens with zero attached hydrogens (tertiary/aromatic N) is 5. The maximum absolute atomic E-state index is 5.91. The van der Waals surface area contributed by atoms with Gasteiger partial charge in [0.05, 0.1) is 5.39 Å². The molecule has 1 aliphatic rings. The van der Waals surface area contributed by atoms with Crippen LogP contribution in [0.5, 0.6) is 0 Å². The molecule has 7 nitrogen and oxygen atoms in total. The molecule has 0 unspecified atom stereocenters. The average Bonchev–Trinajstić information content (AvgIpc) is 2.55. The zero-order valence-corrected chi connectivity index (χ0v) is 13.8. The van der Waals surface area contributed by atoms with E-state index >= 15 is 0 Å². The predicted molar refractivity (Wildman–Crippen MR) is 91.7 cm³/mol. The summed E-state index contributed by atoms with van der Waals surface area (Å²) in [5.74, 6) is 1.18. The van der Waals surface area contributed by atoms with Crippen LogP contribution in [0.2, 0.25) is 0 Å². The molecule has 2 aromatic heterocycles. The fraction of sp³-hybridized carbons (Fsp3) is 0.562. The zero-order chi connectivity index (χ0) is 16.2. The Bertz CT molecular complexity index is 669. The molecule has 1 fully saturated rings. The molecule has 23 heavy (non-hydrogen) atoms. The molecule has 0 spiro atoms. The molecule has 0 aromatic carbocycles. The Morgan fingerprint density at radius 2 is 1.91 bits per heavy atom. The van der Waals surface area contributed by atoms with Gasteiger partial charge in [-0.25, -0.2) is 4.98 Å². The van der Waals surface area contributed by atoms with Crippen LogP contribution in [0.1, 0.15) is 12.1 Å². The number of piperazine rings is 1. The number of likely N-dealkylation sites (N-methyl/N-ethyl adjacent to an activating group) is 1. The first kappa shape index (κ1) is 15.9. The van der Waals surface area contributed by atoms with E-state index in [1.165, 1.54) is 0 Å². The normalized spacial score (nSPS) is 16.2. The van der Waals surface area contributed by atoms with Crippen molar-refractivity contribution in [2.75, 3.05) is 57.6 Å². The molecule has 3 heterocycles. The quantitative estimate of drug-likeness (QED) is 0.822. The summed E-state index contributed by atoms with van der Waals surface area (Å²) in [6.45, 7) is 4.66. The summed E-state index contributed by atoms with van der Waals surface area (Å²) < 4.78 is 5.09. The molecule has 0 amide bonds. The molecule has 3 rings (SSSR count). The maximum atomic E-state index is 5.91. The van der Waals surface area contributed by atoms with Gasteiger partial charge in [0.1, 0.15) is 5.82 Å². The lowest BCUT2D eigenvalue weighted by Crippen LogP contribution is -2.45. The molecule has 0 radical (unpaired) electrons. The molecular weight excluding hydrogens is 292 g/mol. The highest BCUT2D eigenvalue weighted by atomic mass is 16.5. The Hall–Kier alpha value is -1.99. The molecule has 0 aliphatic carbocycles. The van der Waals surface area contributed by atoms with E-state index in [1.54, 1.807) is 7.11 Å². The van der Waals surface area contributed by atoms with Crippen molar-refractivity contribution in [1.29, 1.82) is 0 Å². The fourth-order valence-electron chi connectivity index (χ4n) is 2.85. The number of pyridine rings is 1. The highest BCUT2D eigenvalue weighted by Gasteiger charge is 2.19. The van der Waals surface area contributed by atoms with Gasteiger partial charge < -0.3 is 20.3 Å². The lowest BCUT2D eigenvalue weighted by molar-refractivity contribution is 0.195. The first-order chi connectivity index (χ1) is 11.2. The van der Waals surface area contributed by atoms with Crippen molar-refractivity contribution in [3.63, 3.8) is 0 Å². The highest BCUT2D eigenvalue weighted by Crippen LogP contribution is 2.25. The van der Waals surface area contributed by atoms with E-state index in [2.05, 4.69) is 43.9 Å². The Kier molecular flexibility index (Phi) is 4.88. The lowest BCUT2D eigenvalue weighted by atomic mass is 10.2. The summed E-state index contributed by atoms with van der Waals surface area (Å²) in [6.07, 6.45) is 1.82. The van der Waals surface area contributed by atoms with Crippen LogP contribution >= 0.6 is 0 Å². The summed E-state index contributed by atoms with van der Waals surface area (Å²) in [6, 6.07) is 4.12. The fourth-order valence-corrected chi connectivity index (χ4v) is 2.85. The summed E-state index contributed by atoms with van der Waals surface area (Å²) in [5, 5.41) is 0.972. The number of ether oxygens (including phenoxy) is 1. The van der Waals surface area contributed by atoms with Gasteiger partial charge in [-0.2, -0.15) is 9.97 Å². The van der Waals surface area contributed by atoms with Gasteiger partial charge in [-0.1, -0.05) is 0 Å². The van der Waals surface area contributed by atoms with Crippen molar-refractivity contribution < 1.29 is 4.74 Å². The van der Waals surface area contributed by atoms with Crippen LogP contribution < -0.4 is 10.6 Å². The van der Waals surface area contributed by atoms with Gasteiger partial charge in [0, 0.05) is 45.6 Å². The monoisotopic (exact) mass is 316 g/mol. The number of anilines is 2. The van der Waals surface area contributed by atoms with Crippen molar-refractivity contribution in [1.82, 2.24) is 19.9 Å². The van der Waals surface area contributed by atoms with E-state index in [0.717, 1.165) is 62.5 Å². The minimum atomic E-state index is 0.285. The van der Waals surface area contributed by atoms with Gasteiger partial charge >= 0.3 is 0 Å². The van der Waals surface area contributed by atoms with E-state index in [0.29, 0.717) is 5.65 Å². The van der Waals surface area contributed by atoms with Gasteiger partial charge in [0.2, 0.25) is 5.95 Å². The molecule has 1 aliphatic heterocycles. The number of nitrogens with two attached hydrogens (primary N) is 1. The Balaban J connectivity index is 1.89. The molecular formula is C16H24N6O. The summed E-state index contributed by atoms with van der Waals surface area (Å²) in [4.78, 5) is 18.0. The number of rotatable bonds is 5. The highest BCUT2D eigenvalue weighted by molar-refractivity contribution is 5.88. The molecule has 0 atom stereocenters. The number of fused-ring (bicyclic) bond motifs is 1. The smallest absolute Gasteiger partial charge is 0.224 e. The molecule has 7 heteroatoms. The average molecular weight is 316 g/mol. The second-order valence-electron chi connectivity index (χ2n) is 5.97. The van der Waals surface area contributed by atoms with E-state index < -0.39 is 0 Å². The lowest BCUT2D eigenvalue weighted by Gasteiger charge is -2.33. The van der Waals surface area contributed by atoms with Crippen LogP contribution in [0.4, 0.5) is 11.8 Å². The van der Waals surface area contributed by atoms with Crippen LogP contribution in [-0.4, -0.2) is 66.8 Å². The Labute approximate surface area is 136 Å². The molecule has 0 bridgehead atoms. The van der Waals surface area contributed by atoms with Crippen molar-refractivity contribution in [3.05, 3.63) is 17.8 Å². The third-order valence-electron chi connectivity index (χ3n) is 4.20. The van der Waals surface area contributed by atoms with E-state index in [4.69, 9.17) is 10.5 Å².